The molecule has 0 aliphatic heterocycles. The summed E-state index contributed by atoms with van der Waals surface area (Å²) in [5.74, 6) is 0.446. The van der Waals surface area contributed by atoms with Crippen LogP contribution in [0, 0.1) is 34.5 Å². The van der Waals surface area contributed by atoms with Gasteiger partial charge >= 0.3 is 35.5 Å². The van der Waals surface area contributed by atoms with E-state index in [0.717, 1.165) is 51.4 Å². The fourth-order valence-electron chi connectivity index (χ4n) is 7.35. The molecule has 0 N–H and O–H groups in total. The summed E-state index contributed by atoms with van der Waals surface area (Å²) < 4.78 is 5.50. The molecule has 4 aliphatic carbocycles. The molecule has 7 atom stereocenters. The van der Waals surface area contributed by atoms with Crippen molar-refractivity contribution in [1.29, 1.82) is 0 Å². The Morgan fingerprint density at radius 1 is 1.11 bits per heavy atom. The summed E-state index contributed by atoms with van der Waals surface area (Å²) in [6.45, 7) is 6.11. The molecule has 4 aliphatic rings. The number of ether oxygens (including phenoxy) is 1. The van der Waals surface area contributed by atoms with Gasteiger partial charge in [-0.2, -0.15) is 0 Å². The van der Waals surface area contributed by atoms with Gasteiger partial charge in [0.1, 0.15) is 6.10 Å². The molecule has 0 spiro atoms. The van der Waals surface area contributed by atoms with Gasteiger partial charge in [-0.3, -0.25) is 4.79 Å². The number of rotatable bonds is 2. The van der Waals surface area contributed by atoms with Gasteiger partial charge in [-0.1, -0.05) is 25.5 Å². The zero-order chi connectivity index (χ0) is 18.7. The summed E-state index contributed by atoms with van der Waals surface area (Å²) in [5.41, 5.74) is 1.59. The largest absolute Gasteiger partial charge is 1.00 e. The first-order chi connectivity index (χ1) is 12.3. The van der Waals surface area contributed by atoms with E-state index in [4.69, 9.17) is 4.74 Å². The number of carboxylic acids is 1. The monoisotopic (exact) mass is 382 g/mol. The Bertz CT molecular complexity index is 659. The number of carboxylic acid groups (broad SMARTS) is 1. The Morgan fingerprint density at radius 2 is 1.85 bits per heavy atom. The minimum atomic E-state index is -0.839. The number of carbonyl (C=O) groups excluding carboxylic acids is 2. The van der Waals surface area contributed by atoms with Gasteiger partial charge in [0.25, 0.3) is 0 Å². The van der Waals surface area contributed by atoms with Gasteiger partial charge in [-0.05, 0) is 73.5 Å². The zero-order valence-corrected chi connectivity index (χ0v) is 19.3. The van der Waals surface area contributed by atoms with Crippen molar-refractivity contribution in [2.24, 2.45) is 34.5 Å². The molecule has 4 nitrogen and oxygen atoms in total. The number of allylic oxidation sites excluding steroid dienone is 1. The average molecular weight is 382 g/mol. The van der Waals surface area contributed by atoms with Crippen LogP contribution in [0.2, 0.25) is 0 Å². The standard InChI is InChI=1S/C22H32O4.Na/c1-13(23)26-15-8-10-21(2)14(12-15)4-5-16-17-6-7-19(20(24)25)22(17,3)11-9-18(16)21;/h4,15-19H,5-12H2,1-3H3,(H,24,25);/q;+1/p-1. The fourth-order valence-corrected chi connectivity index (χ4v) is 7.35. The van der Waals surface area contributed by atoms with Gasteiger partial charge in [0.15, 0.2) is 0 Å². The van der Waals surface area contributed by atoms with Gasteiger partial charge in [-0.15, -0.1) is 0 Å². The third-order valence-corrected chi connectivity index (χ3v) is 8.68. The van der Waals surface area contributed by atoms with E-state index in [1.165, 1.54) is 12.5 Å². The van der Waals surface area contributed by atoms with Crippen molar-refractivity contribution < 1.29 is 49.0 Å². The summed E-state index contributed by atoms with van der Waals surface area (Å²) in [7, 11) is 0. The van der Waals surface area contributed by atoms with Crippen LogP contribution in [0.25, 0.3) is 0 Å². The van der Waals surface area contributed by atoms with E-state index in [1.54, 1.807) is 0 Å². The van der Waals surface area contributed by atoms with Crippen LogP contribution in [0.1, 0.15) is 72.1 Å². The van der Waals surface area contributed by atoms with Crippen LogP contribution >= 0.6 is 0 Å². The van der Waals surface area contributed by atoms with Crippen molar-refractivity contribution >= 4 is 11.9 Å². The summed E-state index contributed by atoms with van der Waals surface area (Å²) in [5, 5.41) is 11.7. The third-order valence-electron chi connectivity index (χ3n) is 8.68. The SMILES string of the molecule is CC(=O)OC1CCC2(C)C(=CCC3C2CCC2(C)C(C(=O)[O-])CCC32)C1.[Na+]. The first kappa shape index (κ1) is 21.4. The van der Waals surface area contributed by atoms with E-state index in [9.17, 15) is 14.7 Å². The molecular weight excluding hydrogens is 351 g/mol. The molecule has 3 saturated carbocycles. The molecule has 0 aromatic heterocycles. The Hall–Kier alpha value is -0.320. The van der Waals surface area contributed by atoms with E-state index in [2.05, 4.69) is 19.9 Å². The Kier molecular flexibility index (Phi) is 5.94. The van der Waals surface area contributed by atoms with Gasteiger partial charge in [0.05, 0.1) is 0 Å². The van der Waals surface area contributed by atoms with Crippen LogP contribution in [-0.2, 0) is 14.3 Å². The number of carbonyl (C=O) groups is 2. The van der Waals surface area contributed by atoms with E-state index >= 15 is 0 Å². The predicted molar refractivity (Wildman–Crippen MR) is 95.8 cm³/mol. The maximum Gasteiger partial charge on any atom is 1.00 e. The van der Waals surface area contributed by atoms with Crippen LogP contribution in [0.3, 0.4) is 0 Å². The number of fused-ring (bicyclic) bond motifs is 5. The molecular formula is C22H31NaO4. The van der Waals surface area contributed by atoms with Crippen LogP contribution in [-0.4, -0.2) is 18.0 Å². The summed E-state index contributed by atoms with van der Waals surface area (Å²) in [4.78, 5) is 23.0. The molecule has 144 valence electrons. The van der Waals surface area contributed by atoms with Gasteiger partial charge < -0.3 is 14.6 Å². The second-order valence-electron chi connectivity index (χ2n) is 9.73. The molecule has 0 aromatic rings. The van der Waals surface area contributed by atoms with Crippen molar-refractivity contribution in [3.05, 3.63) is 11.6 Å². The summed E-state index contributed by atoms with van der Waals surface area (Å²) >= 11 is 0. The van der Waals surface area contributed by atoms with Crippen LogP contribution in [0.15, 0.2) is 11.6 Å². The van der Waals surface area contributed by atoms with Crippen LogP contribution < -0.4 is 34.7 Å². The molecule has 7 unspecified atom stereocenters. The van der Waals surface area contributed by atoms with Gasteiger partial charge in [0, 0.05) is 25.2 Å². The normalized spacial score (nSPS) is 45.4. The Balaban J connectivity index is 0.00000210. The Morgan fingerprint density at radius 3 is 2.52 bits per heavy atom. The van der Waals surface area contributed by atoms with Crippen molar-refractivity contribution in [1.82, 2.24) is 0 Å². The number of esters is 1. The van der Waals surface area contributed by atoms with Crippen molar-refractivity contribution in [3.63, 3.8) is 0 Å². The second-order valence-corrected chi connectivity index (χ2v) is 9.73. The van der Waals surface area contributed by atoms with E-state index in [1.807, 2.05) is 0 Å². The number of hydrogen-bond acceptors (Lipinski definition) is 4. The van der Waals surface area contributed by atoms with Crippen molar-refractivity contribution in [3.8, 4) is 0 Å². The molecule has 4 rings (SSSR count). The Labute approximate surface area is 184 Å². The molecule has 0 saturated heterocycles. The van der Waals surface area contributed by atoms with E-state index < -0.39 is 5.97 Å². The number of hydrogen-bond donors (Lipinski definition) is 0. The molecule has 5 heteroatoms. The average Bonchev–Trinajstić information content (AvgIpc) is 2.92. The minimum absolute atomic E-state index is 0. The summed E-state index contributed by atoms with van der Waals surface area (Å²) in [6, 6.07) is 0. The first-order valence-electron chi connectivity index (χ1n) is 10.3. The van der Waals surface area contributed by atoms with E-state index in [-0.39, 0.29) is 58.4 Å². The molecule has 27 heavy (non-hydrogen) atoms. The minimum Gasteiger partial charge on any atom is -0.550 e. The van der Waals surface area contributed by atoms with E-state index in [0.29, 0.717) is 17.8 Å². The smallest absolute Gasteiger partial charge is 0.550 e. The van der Waals surface area contributed by atoms with Gasteiger partial charge in [0.2, 0.25) is 0 Å². The zero-order valence-electron chi connectivity index (χ0n) is 17.3. The van der Waals surface area contributed by atoms with Crippen LogP contribution in [0.4, 0.5) is 0 Å². The number of aliphatic carboxylic acids is 1. The quantitative estimate of drug-likeness (QED) is 0.390. The molecule has 0 aromatic carbocycles. The predicted octanol–water partition coefficient (Wildman–Crippen LogP) is 0.251. The second kappa shape index (κ2) is 7.50. The van der Waals surface area contributed by atoms with Crippen molar-refractivity contribution in [2.75, 3.05) is 0 Å². The molecule has 0 radical (unpaired) electrons. The maximum atomic E-state index is 11.7. The maximum absolute atomic E-state index is 11.7. The molecule has 0 bridgehead atoms. The van der Waals surface area contributed by atoms with Gasteiger partial charge in [-0.25, -0.2) is 0 Å². The molecule has 0 amide bonds. The van der Waals surface area contributed by atoms with Crippen molar-refractivity contribution in [2.45, 2.75) is 78.2 Å². The summed E-state index contributed by atoms with van der Waals surface area (Å²) in [6.07, 6.45) is 10.3. The van der Waals surface area contributed by atoms with Crippen LogP contribution in [0.5, 0.6) is 0 Å². The topological polar surface area (TPSA) is 66.4 Å². The molecule has 0 heterocycles. The third kappa shape index (κ3) is 3.34. The fraction of sp³-hybridized carbons (Fsp3) is 0.818. The molecule has 3 fully saturated rings. The first-order valence-corrected chi connectivity index (χ1v) is 10.3.